The molecule has 5 nitrogen and oxygen atoms in total. The maximum Gasteiger partial charge on any atom is 0.305 e. The molecular formula is C10H19NO4. The van der Waals surface area contributed by atoms with Gasteiger partial charge in [-0.1, -0.05) is 20.8 Å². The van der Waals surface area contributed by atoms with E-state index >= 15 is 0 Å². The van der Waals surface area contributed by atoms with E-state index in [1.807, 2.05) is 6.92 Å². The van der Waals surface area contributed by atoms with E-state index in [9.17, 15) is 14.7 Å². The Morgan fingerprint density at radius 1 is 1.40 bits per heavy atom. The molecule has 0 aliphatic rings. The first-order valence-electron chi connectivity index (χ1n) is 4.99. The van der Waals surface area contributed by atoms with Gasteiger partial charge in [-0.05, 0) is 11.8 Å². The maximum absolute atomic E-state index is 11.4. The molecule has 5 heteroatoms. The Morgan fingerprint density at radius 3 is 2.33 bits per heavy atom. The third-order valence-corrected chi connectivity index (χ3v) is 2.54. The number of hydrogen-bond donors (Lipinski definition) is 3. The third-order valence-electron chi connectivity index (χ3n) is 2.54. The molecule has 1 amide bonds. The van der Waals surface area contributed by atoms with Crippen LogP contribution in [0.3, 0.4) is 0 Å². The number of carboxylic acids is 1. The number of carbonyl (C=O) groups excluding carboxylic acids is 1. The monoisotopic (exact) mass is 217 g/mol. The number of carbonyl (C=O) groups is 2. The summed E-state index contributed by atoms with van der Waals surface area (Å²) >= 11 is 0. The van der Waals surface area contributed by atoms with Crippen molar-refractivity contribution in [1.29, 1.82) is 0 Å². The molecule has 0 aromatic rings. The predicted molar refractivity (Wildman–Crippen MR) is 55.3 cm³/mol. The molecule has 0 saturated heterocycles. The van der Waals surface area contributed by atoms with Crippen LogP contribution in [0.2, 0.25) is 0 Å². The van der Waals surface area contributed by atoms with Gasteiger partial charge in [0.15, 0.2) is 0 Å². The highest BCUT2D eigenvalue weighted by molar-refractivity contribution is 5.81. The van der Waals surface area contributed by atoms with Crippen molar-refractivity contribution < 1.29 is 19.8 Å². The molecule has 1 atom stereocenters. The normalized spacial score (nSPS) is 13.3. The van der Waals surface area contributed by atoms with E-state index < -0.39 is 23.4 Å². The highest BCUT2D eigenvalue weighted by Gasteiger charge is 2.31. The maximum atomic E-state index is 11.4. The number of aliphatic hydroxyl groups is 1. The van der Waals surface area contributed by atoms with Gasteiger partial charge < -0.3 is 15.5 Å². The number of carboxylic acid groups (broad SMARTS) is 1. The van der Waals surface area contributed by atoms with E-state index in [4.69, 9.17) is 5.11 Å². The Morgan fingerprint density at radius 2 is 1.93 bits per heavy atom. The summed E-state index contributed by atoms with van der Waals surface area (Å²) in [6.45, 7) is 5.50. The van der Waals surface area contributed by atoms with Crippen LogP contribution in [-0.2, 0) is 9.59 Å². The van der Waals surface area contributed by atoms with Crippen molar-refractivity contribution in [2.45, 2.75) is 39.7 Å². The minimum atomic E-state index is -1.10. The molecule has 0 aliphatic heterocycles. The van der Waals surface area contributed by atoms with Crippen LogP contribution in [0.1, 0.15) is 33.6 Å². The highest BCUT2D eigenvalue weighted by atomic mass is 16.4. The van der Waals surface area contributed by atoms with Crippen LogP contribution in [0, 0.1) is 5.41 Å². The number of nitrogens with one attached hydrogen (secondary N) is 1. The van der Waals surface area contributed by atoms with Crippen LogP contribution in [0.4, 0.5) is 0 Å². The van der Waals surface area contributed by atoms with Crippen LogP contribution in [0.15, 0.2) is 0 Å². The van der Waals surface area contributed by atoms with Gasteiger partial charge in [-0.15, -0.1) is 0 Å². The number of rotatable bonds is 6. The number of amides is 1. The molecule has 0 bridgehead atoms. The molecule has 15 heavy (non-hydrogen) atoms. The van der Waals surface area contributed by atoms with Crippen molar-refractivity contribution >= 4 is 11.9 Å². The first-order chi connectivity index (χ1) is 6.81. The molecule has 0 spiro atoms. The third kappa shape index (κ3) is 4.78. The zero-order valence-electron chi connectivity index (χ0n) is 9.41. The van der Waals surface area contributed by atoms with E-state index in [1.54, 1.807) is 13.8 Å². The highest BCUT2D eigenvalue weighted by Crippen LogP contribution is 2.24. The summed E-state index contributed by atoms with van der Waals surface area (Å²) < 4.78 is 0. The summed E-state index contributed by atoms with van der Waals surface area (Å²) in [7, 11) is 0. The molecule has 0 fully saturated rings. The molecule has 0 aromatic carbocycles. The quantitative estimate of drug-likeness (QED) is 0.600. The summed E-state index contributed by atoms with van der Waals surface area (Å²) in [5.41, 5.74) is -0.493. The summed E-state index contributed by atoms with van der Waals surface area (Å²) in [6, 6.07) is 0. The summed E-state index contributed by atoms with van der Waals surface area (Å²) in [5, 5.41) is 20.4. The fourth-order valence-corrected chi connectivity index (χ4v) is 0.938. The first-order valence-corrected chi connectivity index (χ1v) is 4.99. The van der Waals surface area contributed by atoms with E-state index in [2.05, 4.69) is 5.32 Å². The summed E-state index contributed by atoms with van der Waals surface area (Å²) in [5.74, 6) is -1.48. The van der Waals surface area contributed by atoms with E-state index in [1.165, 1.54) is 0 Å². The van der Waals surface area contributed by atoms with E-state index in [-0.39, 0.29) is 13.0 Å². The van der Waals surface area contributed by atoms with Gasteiger partial charge in [0.2, 0.25) is 5.91 Å². The van der Waals surface area contributed by atoms with E-state index in [0.717, 1.165) is 0 Å². The second kappa shape index (κ2) is 5.70. The van der Waals surface area contributed by atoms with Crippen LogP contribution < -0.4 is 5.32 Å². The molecule has 0 rings (SSSR count). The lowest BCUT2D eigenvalue weighted by molar-refractivity contribution is -0.137. The lowest BCUT2D eigenvalue weighted by Crippen LogP contribution is -2.44. The largest absolute Gasteiger partial charge is 0.481 e. The SMILES string of the molecule is CCC(C)(C)[C@@H](O)C(=O)NCCC(=O)O. The molecule has 0 aliphatic carbocycles. The van der Waals surface area contributed by atoms with Gasteiger partial charge in [-0.2, -0.15) is 0 Å². The van der Waals surface area contributed by atoms with Gasteiger partial charge in [0.05, 0.1) is 6.42 Å². The molecule has 0 aromatic heterocycles. The molecule has 0 saturated carbocycles. The van der Waals surface area contributed by atoms with Crippen molar-refractivity contribution in [2.75, 3.05) is 6.54 Å². The molecular weight excluding hydrogens is 198 g/mol. The molecule has 0 heterocycles. The van der Waals surface area contributed by atoms with Gasteiger partial charge in [0, 0.05) is 6.54 Å². The van der Waals surface area contributed by atoms with Crippen molar-refractivity contribution in [3.8, 4) is 0 Å². The number of hydrogen-bond acceptors (Lipinski definition) is 3. The van der Waals surface area contributed by atoms with Gasteiger partial charge in [0.1, 0.15) is 6.10 Å². The second-order valence-corrected chi connectivity index (χ2v) is 4.18. The Bertz CT molecular complexity index is 238. The second-order valence-electron chi connectivity index (χ2n) is 4.18. The Labute approximate surface area is 89.5 Å². The summed E-state index contributed by atoms with van der Waals surface area (Å²) in [4.78, 5) is 21.6. The minimum absolute atomic E-state index is 0.0466. The van der Waals surface area contributed by atoms with Crippen molar-refractivity contribution in [1.82, 2.24) is 5.32 Å². The Hall–Kier alpha value is -1.10. The lowest BCUT2D eigenvalue weighted by atomic mass is 9.83. The van der Waals surface area contributed by atoms with Crippen LogP contribution in [-0.4, -0.2) is 34.7 Å². The Kier molecular flexibility index (Phi) is 5.28. The molecule has 88 valence electrons. The zero-order valence-corrected chi connectivity index (χ0v) is 9.41. The topological polar surface area (TPSA) is 86.6 Å². The number of aliphatic carboxylic acids is 1. The smallest absolute Gasteiger partial charge is 0.305 e. The van der Waals surface area contributed by atoms with Gasteiger partial charge >= 0.3 is 5.97 Å². The van der Waals surface area contributed by atoms with Crippen LogP contribution in [0.25, 0.3) is 0 Å². The number of aliphatic hydroxyl groups excluding tert-OH is 1. The Balaban J connectivity index is 4.05. The average Bonchev–Trinajstić information content (AvgIpc) is 2.15. The van der Waals surface area contributed by atoms with Crippen LogP contribution >= 0.6 is 0 Å². The summed E-state index contributed by atoms with van der Waals surface area (Å²) in [6.07, 6.45) is -0.567. The van der Waals surface area contributed by atoms with Crippen molar-refractivity contribution in [2.24, 2.45) is 5.41 Å². The van der Waals surface area contributed by atoms with Gasteiger partial charge in [-0.25, -0.2) is 0 Å². The first kappa shape index (κ1) is 13.9. The molecule has 3 N–H and O–H groups in total. The molecule has 0 unspecified atom stereocenters. The van der Waals surface area contributed by atoms with Crippen LogP contribution in [0.5, 0.6) is 0 Å². The van der Waals surface area contributed by atoms with E-state index in [0.29, 0.717) is 6.42 Å². The standard InChI is InChI=1S/C10H19NO4/c1-4-10(2,3)8(14)9(15)11-6-5-7(12)13/h8,14H,4-6H2,1-3H3,(H,11,15)(H,12,13)/t8-/m0/s1. The zero-order chi connectivity index (χ0) is 12.1. The van der Waals surface area contributed by atoms with Crippen molar-refractivity contribution in [3.63, 3.8) is 0 Å². The van der Waals surface area contributed by atoms with Crippen molar-refractivity contribution in [3.05, 3.63) is 0 Å². The minimum Gasteiger partial charge on any atom is -0.481 e. The predicted octanol–water partition coefficient (Wildman–Crippen LogP) is 0.374. The van der Waals surface area contributed by atoms with Gasteiger partial charge in [0.25, 0.3) is 0 Å². The molecule has 0 radical (unpaired) electrons. The average molecular weight is 217 g/mol. The lowest BCUT2D eigenvalue weighted by Gasteiger charge is -2.27. The fourth-order valence-electron chi connectivity index (χ4n) is 0.938. The van der Waals surface area contributed by atoms with Gasteiger partial charge in [-0.3, -0.25) is 9.59 Å². The fraction of sp³-hybridized carbons (Fsp3) is 0.800.